The lowest BCUT2D eigenvalue weighted by Gasteiger charge is -2.38. The molecule has 3 rings (SSSR count). The summed E-state index contributed by atoms with van der Waals surface area (Å²) in [5.74, 6) is -0.0470. The Morgan fingerprint density at radius 1 is 1.14 bits per heavy atom. The number of hydrogen-bond donors (Lipinski definition) is 0. The lowest BCUT2D eigenvalue weighted by atomic mass is 9.73. The van der Waals surface area contributed by atoms with Crippen LogP contribution in [-0.2, 0) is 13.9 Å². The highest BCUT2D eigenvalue weighted by Crippen LogP contribution is 2.69. The van der Waals surface area contributed by atoms with Crippen molar-refractivity contribution in [1.82, 2.24) is 0 Å². The summed E-state index contributed by atoms with van der Waals surface area (Å²) < 4.78 is 18.8. The minimum Gasteiger partial charge on any atom is -0.416 e. The van der Waals surface area contributed by atoms with Crippen LogP contribution >= 0.6 is 0 Å². The van der Waals surface area contributed by atoms with Crippen molar-refractivity contribution in [2.75, 3.05) is 6.61 Å². The molecule has 3 nitrogen and oxygen atoms in total. The Morgan fingerprint density at radius 2 is 1.68 bits per heavy atom. The molecule has 1 heterocycles. The quantitative estimate of drug-likeness (QED) is 0.738. The average molecular weight is 322 g/mol. The zero-order valence-corrected chi connectivity index (χ0v) is 16.2. The molecule has 124 valence electrons. The third-order valence-corrected chi connectivity index (χ3v) is 11.1. The van der Waals surface area contributed by atoms with Crippen molar-refractivity contribution in [3.63, 3.8) is 0 Å². The first-order valence-electron chi connectivity index (χ1n) is 8.65. The second-order valence-electron chi connectivity index (χ2n) is 9.50. The van der Waals surface area contributed by atoms with Gasteiger partial charge in [-0.3, -0.25) is 0 Å². The van der Waals surface area contributed by atoms with E-state index in [9.17, 15) is 0 Å². The summed E-state index contributed by atoms with van der Waals surface area (Å²) >= 11 is 0. The number of rotatable bonds is 3. The van der Waals surface area contributed by atoms with Crippen LogP contribution in [-0.4, -0.2) is 40.8 Å². The van der Waals surface area contributed by atoms with Gasteiger partial charge in [0.1, 0.15) is 0 Å². The molecule has 1 saturated heterocycles. The van der Waals surface area contributed by atoms with Crippen LogP contribution in [0.5, 0.6) is 0 Å². The fraction of sp³-hybridized carbons (Fsp3) is 1.00. The molecule has 0 bridgehead atoms. The van der Waals surface area contributed by atoms with Crippen molar-refractivity contribution in [2.45, 2.75) is 89.4 Å². The molecule has 2 radical (unpaired) electrons. The summed E-state index contributed by atoms with van der Waals surface area (Å²) in [5, 5.41) is 0.232. The van der Waals surface area contributed by atoms with Gasteiger partial charge in [0.15, 0.2) is 14.1 Å². The van der Waals surface area contributed by atoms with Crippen molar-refractivity contribution in [3.8, 4) is 0 Å². The first-order valence-corrected chi connectivity index (χ1v) is 11.6. The molecule has 1 spiro atoms. The van der Waals surface area contributed by atoms with Crippen LogP contribution in [0.25, 0.3) is 0 Å². The van der Waals surface area contributed by atoms with Gasteiger partial charge in [-0.1, -0.05) is 20.8 Å². The molecule has 0 aromatic rings. The van der Waals surface area contributed by atoms with E-state index in [0.717, 1.165) is 6.61 Å². The van der Waals surface area contributed by atoms with Gasteiger partial charge in [0.25, 0.3) is 0 Å². The maximum absolute atomic E-state index is 6.55. The van der Waals surface area contributed by atoms with Crippen LogP contribution < -0.4 is 0 Å². The van der Waals surface area contributed by atoms with E-state index in [2.05, 4.69) is 33.9 Å². The SMILES string of the molecule is [B][C@H]1[C@H]2OC(C)(C)OC2[C@@H](CO[Si](C)(C)C(C)(C)C)C12CC2. The predicted octanol–water partition coefficient (Wildman–Crippen LogP) is 3.90. The van der Waals surface area contributed by atoms with Gasteiger partial charge in [-0.05, 0) is 56.1 Å². The highest BCUT2D eigenvalue weighted by molar-refractivity contribution is 6.74. The second kappa shape index (κ2) is 4.84. The summed E-state index contributed by atoms with van der Waals surface area (Å²) in [7, 11) is 4.80. The molecule has 0 aromatic heterocycles. The van der Waals surface area contributed by atoms with Gasteiger partial charge < -0.3 is 13.9 Å². The minimum atomic E-state index is -1.75. The van der Waals surface area contributed by atoms with Gasteiger partial charge in [0.05, 0.1) is 20.1 Å². The van der Waals surface area contributed by atoms with E-state index < -0.39 is 14.1 Å². The highest BCUT2D eigenvalue weighted by atomic mass is 28.4. The van der Waals surface area contributed by atoms with Gasteiger partial charge in [-0.2, -0.15) is 0 Å². The fourth-order valence-electron chi connectivity index (χ4n) is 3.93. The van der Waals surface area contributed by atoms with Crippen LogP contribution in [0.4, 0.5) is 0 Å². The molecule has 0 aromatic carbocycles. The summed E-state index contributed by atoms with van der Waals surface area (Å²) in [6.07, 6.45) is 2.52. The molecule has 2 saturated carbocycles. The molecule has 2 aliphatic carbocycles. The molecular weight excluding hydrogens is 291 g/mol. The first-order chi connectivity index (χ1) is 9.90. The van der Waals surface area contributed by atoms with E-state index in [0.29, 0.717) is 5.92 Å². The highest BCUT2D eigenvalue weighted by Gasteiger charge is 2.68. The Labute approximate surface area is 138 Å². The van der Waals surface area contributed by atoms with E-state index in [1.54, 1.807) is 0 Å². The van der Waals surface area contributed by atoms with Crippen LogP contribution in [0.15, 0.2) is 0 Å². The summed E-state index contributed by atoms with van der Waals surface area (Å²) in [5.41, 5.74) is 0.203. The van der Waals surface area contributed by atoms with Crippen LogP contribution in [0, 0.1) is 11.3 Å². The monoisotopic (exact) mass is 322 g/mol. The van der Waals surface area contributed by atoms with Crippen molar-refractivity contribution in [3.05, 3.63) is 0 Å². The van der Waals surface area contributed by atoms with Crippen LogP contribution in [0.1, 0.15) is 47.5 Å². The predicted molar refractivity (Wildman–Crippen MR) is 91.6 cm³/mol. The lowest BCUT2D eigenvalue weighted by Crippen LogP contribution is -2.44. The molecule has 3 fully saturated rings. The summed E-state index contributed by atoms with van der Waals surface area (Å²) in [4.78, 5) is 0. The number of fused-ring (bicyclic) bond motifs is 1. The molecule has 0 N–H and O–H groups in total. The lowest BCUT2D eigenvalue weighted by molar-refractivity contribution is -0.163. The third kappa shape index (κ3) is 2.52. The smallest absolute Gasteiger partial charge is 0.191 e. The second-order valence-corrected chi connectivity index (χ2v) is 14.3. The Balaban J connectivity index is 1.75. The minimum absolute atomic E-state index is 0.0329. The largest absolute Gasteiger partial charge is 0.416 e. The van der Waals surface area contributed by atoms with Gasteiger partial charge in [0, 0.05) is 12.5 Å². The van der Waals surface area contributed by atoms with Crippen LogP contribution in [0.3, 0.4) is 0 Å². The normalized spacial score (nSPS) is 39.2. The molecule has 5 heteroatoms. The zero-order valence-electron chi connectivity index (χ0n) is 15.2. The maximum atomic E-state index is 6.55. The van der Waals surface area contributed by atoms with Gasteiger partial charge >= 0.3 is 0 Å². The Hall–Kier alpha value is 0.162. The molecule has 3 aliphatic rings. The molecule has 22 heavy (non-hydrogen) atoms. The van der Waals surface area contributed by atoms with Crippen molar-refractivity contribution in [2.24, 2.45) is 11.3 Å². The summed E-state index contributed by atoms with van der Waals surface area (Å²) in [6, 6.07) is 0. The molecular formula is C17H31BO3Si. The first kappa shape index (κ1) is 17.0. The van der Waals surface area contributed by atoms with E-state index in [1.807, 2.05) is 13.8 Å². The Kier molecular flexibility index (Phi) is 3.74. The Morgan fingerprint density at radius 3 is 2.18 bits per heavy atom. The summed E-state index contributed by atoms with van der Waals surface area (Å²) in [6.45, 7) is 16.2. The maximum Gasteiger partial charge on any atom is 0.191 e. The fourth-order valence-corrected chi connectivity index (χ4v) is 4.96. The van der Waals surface area contributed by atoms with Gasteiger partial charge in [-0.15, -0.1) is 0 Å². The van der Waals surface area contributed by atoms with Gasteiger partial charge in [0.2, 0.25) is 0 Å². The Bertz CT molecular complexity index is 453. The third-order valence-electron chi connectivity index (χ3n) is 6.57. The molecule has 1 aliphatic heterocycles. The van der Waals surface area contributed by atoms with E-state index >= 15 is 0 Å². The number of hydrogen-bond acceptors (Lipinski definition) is 3. The van der Waals surface area contributed by atoms with Crippen molar-refractivity contribution in [1.29, 1.82) is 0 Å². The van der Waals surface area contributed by atoms with Crippen molar-refractivity contribution < 1.29 is 13.9 Å². The van der Waals surface area contributed by atoms with E-state index in [4.69, 9.17) is 21.7 Å². The van der Waals surface area contributed by atoms with Gasteiger partial charge in [-0.25, -0.2) is 0 Å². The standard InChI is InChI=1S/C17H31BO3Si/c1-15(2,3)22(6,7)19-10-11-12-13(21-16(4,5)20-12)14(18)17(11)8-9-17/h11-14H,8-10H2,1-7H3/t11-,12?,13+,14+/m1/s1. The topological polar surface area (TPSA) is 27.7 Å². The molecule has 1 unspecified atom stereocenters. The molecule has 4 atom stereocenters. The average Bonchev–Trinajstić information content (AvgIpc) is 3.03. The molecule has 0 amide bonds. The number of ether oxygens (including phenoxy) is 2. The van der Waals surface area contributed by atoms with Crippen LogP contribution in [0.2, 0.25) is 23.9 Å². The van der Waals surface area contributed by atoms with E-state index in [1.165, 1.54) is 12.8 Å². The van der Waals surface area contributed by atoms with Crippen molar-refractivity contribution >= 4 is 16.2 Å². The zero-order chi connectivity index (χ0) is 16.6. The van der Waals surface area contributed by atoms with E-state index in [-0.39, 0.29) is 28.5 Å².